The van der Waals surface area contributed by atoms with Gasteiger partial charge < -0.3 is 15.5 Å². The maximum Gasteiger partial charge on any atom is 0.321 e. The van der Waals surface area contributed by atoms with E-state index in [2.05, 4.69) is 22.8 Å². The number of anilines is 1. The summed E-state index contributed by atoms with van der Waals surface area (Å²) in [7, 11) is 0. The molecule has 7 heteroatoms. The number of amides is 3. The van der Waals surface area contributed by atoms with Gasteiger partial charge in [0.2, 0.25) is 0 Å². The Balaban J connectivity index is 1.36. The van der Waals surface area contributed by atoms with Gasteiger partial charge in [0.1, 0.15) is 0 Å². The first-order valence-corrected chi connectivity index (χ1v) is 12.9. The van der Waals surface area contributed by atoms with Crippen molar-refractivity contribution in [2.45, 2.75) is 30.2 Å². The van der Waals surface area contributed by atoms with Crippen molar-refractivity contribution in [2.24, 2.45) is 0 Å². The first-order chi connectivity index (χ1) is 16.5. The average Bonchev–Trinajstić information content (AvgIpc) is 2.89. The number of halogens is 1. The van der Waals surface area contributed by atoms with Gasteiger partial charge in [-0.25, -0.2) is 4.79 Å². The third kappa shape index (κ3) is 6.33. The summed E-state index contributed by atoms with van der Waals surface area (Å²) in [6, 6.07) is 22.9. The summed E-state index contributed by atoms with van der Waals surface area (Å²) in [4.78, 5) is 28.6. The quantitative estimate of drug-likeness (QED) is 0.390. The molecule has 0 unspecified atom stereocenters. The molecule has 0 aromatic heterocycles. The molecule has 4 rings (SSSR count). The summed E-state index contributed by atoms with van der Waals surface area (Å²) < 4.78 is 0. The van der Waals surface area contributed by atoms with Gasteiger partial charge in [-0.3, -0.25) is 4.79 Å². The first-order valence-electron chi connectivity index (χ1n) is 11.3. The summed E-state index contributed by atoms with van der Waals surface area (Å²) in [6.45, 7) is 1.82. The molecular weight excluding hydrogens is 466 g/mol. The molecule has 3 amide bonds. The highest BCUT2D eigenvalue weighted by molar-refractivity contribution is 7.98. The third-order valence-corrected chi connectivity index (χ3v) is 7.03. The lowest BCUT2D eigenvalue weighted by atomic mass is 9.89. The van der Waals surface area contributed by atoms with Gasteiger partial charge in [-0.2, -0.15) is 0 Å². The van der Waals surface area contributed by atoms with Gasteiger partial charge >= 0.3 is 6.03 Å². The van der Waals surface area contributed by atoms with Crippen molar-refractivity contribution in [3.63, 3.8) is 0 Å². The molecule has 1 atom stereocenters. The van der Waals surface area contributed by atoms with Gasteiger partial charge in [0, 0.05) is 46.7 Å². The van der Waals surface area contributed by atoms with E-state index in [1.54, 1.807) is 36.0 Å². The van der Waals surface area contributed by atoms with E-state index in [1.807, 2.05) is 47.6 Å². The largest absolute Gasteiger partial charge is 0.348 e. The van der Waals surface area contributed by atoms with E-state index in [-0.39, 0.29) is 17.9 Å². The second kappa shape index (κ2) is 11.4. The molecule has 176 valence electrons. The van der Waals surface area contributed by atoms with Gasteiger partial charge in [-0.1, -0.05) is 35.9 Å². The van der Waals surface area contributed by atoms with Crippen LogP contribution in [0.15, 0.2) is 77.7 Å². The molecule has 3 aromatic rings. The van der Waals surface area contributed by atoms with Crippen molar-refractivity contribution in [1.82, 2.24) is 10.2 Å². The Kier molecular flexibility index (Phi) is 8.14. The standard InChI is InChI=1S/C27H28ClN3O2S/c1-34-25-13-7-19(8-14-25)17-29-26(32)21-5-2-4-20(16-21)22-6-3-15-31(18-22)27(33)30-24-11-9-23(28)10-12-24/h2,4-5,7-14,16,22H,3,6,15,17-18H2,1H3,(H,29,32)(H,30,33)/t22-/m0/s1. The lowest BCUT2D eigenvalue weighted by molar-refractivity contribution is 0.0950. The Morgan fingerprint density at radius 2 is 1.82 bits per heavy atom. The van der Waals surface area contributed by atoms with Crippen molar-refractivity contribution >= 4 is 41.0 Å². The van der Waals surface area contributed by atoms with E-state index in [0.717, 1.165) is 29.7 Å². The van der Waals surface area contributed by atoms with Crippen molar-refractivity contribution < 1.29 is 9.59 Å². The number of urea groups is 1. The Bertz CT molecular complexity index is 1140. The Morgan fingerprint density at radius 3 is 2.56 bits per heavy atom. The van der Waals surface area contributed by atoms with Crippen molar-refractivity contribution in [3.8, 4) is 0 Å². The molecule has 1 heterocycles. The molecule has 0 saturated carbocycles. The highest BCUT2D eigenvalue weighted by atomic mass is 35.5. The Hall–Kier alpha value is -2.96. The number of thioether (sulfide) groups is 1. The average molecular weight is 494 g/mol. The predicted molar refractivity (Wildman–Crippen MR) is 140 cm³/mol. The number of piperidine rings is 1. The minimum atomic E-state index is -0.117. The van der Waals surface area contributed by atoms with Crippen LogP contribution in [0.1, 0.15) is 40.2 Å². The number of benzene rings is 3. The fraction of sp³-hybridized carbons (Fsp3) is 0.259. The topological polar surface area (TPSA) is 61.4 Å². The first kappa shape index (κ1) is 24.2. The number of hydrogen-bond acceptors (Lipinski definition) is 3. The zero-order chi connectivity index (χ0) is 23.9. The number of nitrogens with zero attached hydrogens (tertiary/aromatic N) is 1. The van der Waals surface area contributed by atoms with Crippen LogP contribution in [-0.2, 0) is 6.54 Å². The van der Waals surface area contributed by atoms with E-state index >= 15 is 0 Å². The zero-order valence-electron chi connectivity index (χ0n) is 19.1. The van der Waals surface area contributed by atoms with Crippen LogP contribution in [0.5, 0.6) is 0 Å². The van der Waals surface area contributed by atoms with Gasteiger partial charge in [0.05, 0.1) is 0 Å². The van der Waals surface area contributed by atoms with Crippen LogP contribution in [0.25, 0.3) is 0 Å². The van der Waals surface area contributed by atoms with Crippen LogP contribution in [-0.4, -0.2) is 36.2 Å². The molecule has 3 aromatic carbocycles. The summed E-state index contributed by atoms with van der Waals surface area (Å²) >= 11 is 7.62. The molecular formula is C27H28ClN3O2S. The highest BCUT2D eigenvalue weighted by Crippen LogP contribution is 2.28. The van der Waals surface area contributed by atoms with Gasteiger partial charge in [-0.05, 0) is 78.8 Å². The minimum absolute atomic E-state index is 0.0936. The molecule has 0 spiro atoms. The van der Waals surface area contributed by atoms with Crippen molar-refractivity contribution in [2.75, 3.05) is 24.7 Å². The van der Waals surface area contributed by atoms with Gasteiger partial charge in [-0.15, -0.1) is 11.8 Å². The zero-order valence-corrected chi connectivity index (χ0v) is 20.7. The molecule has 2 N–H and O–H groups in total. The molecule has 1 saturated heterocycles. The normalized spacial score (nSPS) is 15.6. The lowest BCUT2D eigenvalue weighted by Gasteiger charge is -2.33. The Morgan fingerprint density at radius 1 is 1.06 bits per heavy atom. The summed E-state index contributed by atoms with van der Waals surface area (Å²) in [5.74, 6) is 0.0977. The van der Waals surface area contributed by atoms with Crippen LogP contribution >= 0.6 is 23.4 Å². The maximum atomic E-state index is 12.8. The molecule has 0 radical (unpaired) electrons. The van der Waals surface area contributed by atoms with Crippen LogP contribution in [0.3, 0.4) is 0 Å². The molecule has 1 aliphatic rings. The molecule has 1 aliphatic heterocycles. The SMILES string of the molecule is CSc1ccc(CNC(=O)c2cccc([C@H]3CCCN(C(=O)Nc4ccc(Cl)cc4)C3)c2)cc1. The molecule has 5 nitrogen and oxygen atoms in total. The smallest absolute Gasteiger partial charge is 0.321 e. The monoisotopic (exact) mass is 493 g/mol. The summed E-state index contributed by atoms with van der Waals surface area (Å²) in [6.07, 6.45) is 3.94. The van der Waals surface area contributed by atoms with E-state index in [0.29, 0.717) is 30.2 Å². The summed E-state index contributed by atoms with van der Waals surface area (Å²) in [5.41, 5.74) is 3.51. The minimum Gasteiger partial charge on any atom is -0.348 e. The fourth-order valence-electron chi connectivity index (χ4n) is 4.13. The van der Waals surface area contributed by atoms with Crippen molar-refractivity contribution in [3.05, 3.63) is 94.5 Å². The lowest BCUT2D eigenvalue weighted by Crippen LogP contribution is -2.41. The number of nitrogens with one attached hydrogen (secondary N) is 2. The van der Waals surface area contributed by atoms with E-state index in [9.17, 15) is 9.59 Å². The fourth-order valence-corrected chi connectivity index (χ4v) is 4.67. The van der Waals surface area contributed by atoms with E-state index in [4.69, 9.17) is 11.6 Å². The summed E-state index contributed by atoms with van der Waals surface area (Å²) in [5, 5.41) is 6.59. The molecule has 0 bridgehead atoms. The number of likely N-dealkylation sites (tertiary alicyclic amines) is 1. The molecule has 0 aliphatic carbocycles. The van der Waals surface area contributed by atoms with Crippen LogP contribution < -0.4 is 10.6 Å². The maximum absolute atomic E-state index is 12.8. The Labute approximate surface area is 209 Å². The van der Waals surface area contributed by atoms with Gasteiger partial charge in [0.25, 0.3) is 5.91 Å². The number of rotatable bonds is 6. The number of carbonyl (C=O) groups excluding carboxylic acids is 2. The van der Waals surface area contributed by atoms with Crippen LogP contribution in [0.4, 0.5) is 10.5 Å². The second-order valence-electron chi connectivity index (χ2n) is 8.38. The molecule has 34 heavy (non-hydrogen) atoms. The highest BCUT2D eigenvalue weighted by Gasteiger charge is 2.25. The van der Waals surface area contributed by atoms with Crippen LogP contribution in [0.2, 0.25) is 5.02 Å². The number of carbonyl (C=O) groups is 2. The van der Waals surface area contributed by atoms with Crippen molar-refractivity contribution in [1.29, 1.82) is 0 Å². The predicted octanol–water partition coefficient (Wildman–Crippen LogP) is 6.40. The van der Waals surface area contributed by atoms with E-state index < -0.39 is 0 Å². The third-order valence-electron chi connectivity index (χ3n) is 6.04. The van der Waals surface area contributed by atoms with Crippen LogP contribution in [0, 0.1) is 0 Å². The number of hydrogen-bond donors (Lipinski definition) is 2. The van der Waals surface area contributed by atoms with Gasteiger partial charge in [0.15, 0.2) is 0 Å². The second-order valence-corrected chi connectivity index (χ2v) is 9.69. The molecule has 1 fully saturated rings. The van der Waals surface area contributed by atoms with E-state index in [1.165, 1.54) is 4.90 Å².